The van der Waals surface area contributed by atoms with E-state index in [0.717, 1.165) is 0 Å². The van der Waals surface area contributed by atoms with Crippen LogP contribution >= 0.6 is 0 Å². The monoisotopic (exact) mass is 250 g/mol. The Balaban J connectivity index is 2.30. The zero-order valence-electron chi connectivity index (χ0n) is 10.8. The molecule has 0 unspecified atom stereocenters. The molecule has 1 fully saturated rings. The quantitative estimate of drug-likeness (QED) is 0.765. The first kappa shape index (κ1) is 12.8. The van der Waals surface area contributed by atoms with Gasteiger partial charge in [0.15, 0.2) is 0 Å². The Morgan fingerprint density at radius 2 is 1.53 bits per heavy atom. The normalized spacial score (nSPS) is 18.2. The Morgan fingerprint density at radius 3 is 2.06 bits per heavy atom. The highest BCUT2D eigenvalue weighted by atomic mass is 28.4. The van der Waals surface area contributed by atoms with Crippen molar-refractivity contribution < 1.29 is 8.85 Å². The zero-order chi connectivity index (χ0) is 12.1. The third-order valence-corrected chi connectivity index (χ3v) is 7.93. The van der Waals surface area contributed by atoms with Gasteiger partial charge >= 0.3 is 8.56 Å². The Morgan fingerprint density at radius 1 is 0.941 bits per heavy atom. The standard InChI is InChI=1S/C14H22O2Si/c1-15-17(16-2,13-9-5-3-6-10-13)14-11-7-4-8-12-14/h3,5-6,9-10,14H,4,7-8,11-12H2,1-2H3. The summed E-state index contributed by atoms with van der Waals surface area (Å²) in [6.07, 6.45) is 6.51. The fourth-order valence-electron chi connectivity index (χ4n) is 3.04. The van der Waals surface area contributed by atoms with Gasteiger partial charge in [0, 0.05) is 19.8 Å². The first-order chi connectivity index (χ1) is 8.33. The highest BCUT2D eigenvalue weighted by Gasteiger charge is 2.46. The van der Waals surface area contributed by atoms with Gasteiger partial charge in [-0.25, -0.2) is 0 Å². The van der Waals surface area contributed by atoms with Crippen molar-refractivity contribution in [1.29, 1.82) is 0 Å². The average Bonchev–Trinajstić information content (AvgIpc) is 2.43. The first-order valence-corrected chi connectivity index (χ1v) is 8.38. The Hall–Kier alpha value is -0.643. The molecular formula is C14H22O2Si. The topological polar surface area (TPSA) is 18.5 Å². The molecule has 0 atom stereocenters. The molecule has 0 amide bonds. The highest BCUT2D eigenvalue weighted by Crippen LogP contribution is 2.37. The lowest BCUT2D eigenvalue weighted by molar-refractivity contribution is 0.232. The van der Waals surface area contributed by atoms with Crippen LogP contribution in [0.4, 0.5) is 0 Å². The summed E-state index contributed by atoms with van der Waals surface area (Å²) in [6, 6.07) is 10.5. The Labute approximate surface area is 105 Å². The molecule has 2 rings (SSSR count). The van der Waals surface area contributed by atoms with Crippen molar-refractivity contribution in [3.63, 3.8) is 0 Å². The minimum atomic E-state index is -2.22. The van der Waals surface area contributed by atoms with Gasteiger partial charge in [0.05, 0.1) is 0 Å². The fraction of sp³-hybridized carbons (Fsp3) is 0.571. The van der Waals surface area contributed by atoms with Crippen molar-refractivity contribution in [3.8, 4) is 0 Å². The summed E-state index contributed by atoms with van der Waals surface area (Å²) >= 11 is 0. The molecular weight excluding hydrogens is 228 g/mol. The van der Waals surface area contributed by atoms with Crippen LogP contribution in [0.1, 0.15) is 32.1 Å². The molecule has 94 valence electrons. The van der Waals surface area contributed by atoms with Gasteiger partial charge < -0.3 is 8.85 Å². The summed E-state index contributed by atoms with van der Waals surface area (Å²) in [4.78, 5) is 0. The molecule has 1 aliphatic rings. The van der Waals surface area contributed by atoms with E-state index in [4.69, 9.17) is 8.85 Å². The van der Waals surface area contributed by atoms with Crippen molar-refractivity contribution >= 4 is 13.7 Å². The van der Waals surface area contributed by atoms with Crippen molar-refractivity contribution in [2.75, 3.05) is 14.2 Å². The van der Waals surface area contributed by atoms with E-state index < -0.39 is 8.56 Å². The molecule has 0 aromatic heterocycles. The van der Waals surface area contributed by atoms with Crippen LogP contribution in [0.2, 0.25) is 5.54 Å². The van der Waals surface area contributed by atoms with Crippen LogP contribution < -0.4 is 5.19 Å². The van der Waals surface area contributed by atoms with Crippen molar-refractivity contribution in [3.05, 3.63) is 30.3 Å². The van der Waals surface area contributed by atoms with E-state index in [0.29, 0.717) is 5.54 Å². The molecule has 0 N–H and O–H groups in total. The van der Waals surface area contributed by atoms with Crippen LogP contribution in [-0.4, -0.2) is 22.8 Å². The van der Waals surface area contributed by atoms with E-state index >= 15 is 0 Å². The summed E-state index contributed by atoms with van der Waals surface area (Å²) in [5.41, 5.74) is 0.605. The van der Waals surface area contributed by atoms with E-state index in [1.807, 2.05) is 14.2 Å². The van der Waals surface area contributed by atoms with Crippen molar-refractivity contribution in [1.82, 2.24) is 0 Å². The van der Waals surface area contributed by atoms with Gasteiger partial charge in [-0.05, 0) is 18.0 Å². The van der Waals surface area contributed by atoms with Gasteiger partial charge in [0.1, 0.15) is 0 Å². The number of hydrogen-bond acceptors (Lipinski definition) is 2. The maximum Gasteiger partial charge on any atom is 0.375 e. The highest BCUT2D eigenvalue weighted by molar-refractivity contribution is 6.82. The zero-order valence-corrected chi connectivity index (χ0v) is 11.8. The van der Waals surface area contributed by atoms with Crippen LogP contribution in [0.5, 0.6) is 0 Å². The second kappa shape index (κ2) is 5.80. The van der Waals surface area contributed by atoms with Gasteiger partial charge in [-0.3, -0.25) is 0 Å². The van der Waals surface area contributed by atoms with E-state index in [1.54, 1.807) is 0 Å². The van der Waals surface area contributed by atoms with Crippen LogP contribution in [0.25, 0.3) is 0 Å². The van der Waals surface area contributed by atoms with Crippen LogP contribution in [0.15, 0.2) is 30.3 Å². The van der Waals surface area contributed by atoms with Crippen molar-refractivity contribution in [2.24, 2.45) is 0 Å². The summed E-state index contributed by atoms with van der Waals surface area (Å²) in [7, 11) is 1.41. The molecule has 1 aromatic rings. The first-order valence-electron chi connectivity index (χ1n) is 6.49. The molecule has 2 nitrogen and oxygen atoms in total. The lowest BCUT2D eigenvalue weighted by Crippen LogP contribution is -2.56. The van der Waals surface area contributed by atoms with Crippen LogP contribution in [0, 0.1) is 0 Å². The summed E-state index contributed by atoms with van der Waals surface area (Å²) in [5, 5.41) is 1.27. The van der Waals surface area contributed by atoms with Crippen molar-refractivity contribution in [2.45, 2.75) is 37.6 Å². The molecule has 0 saturated heterocycles. The number of benzene rings is 1. The minimum Gasteiger partial charge on any atom is -0.394 e. The lowest BCUT2D eigenvalue weighted by Gasteiger charge is -2.37. The van der Waals surface area contributed by atoms with Gasteiger partial charge in [-0.15, -0.1) is 0 Å². The molecule has 17 heavy (non-hydrogen) atoms. The average molecular weight is 250 g/mol. The number of rotatable bonds is 4. The molecule has 1 aliphatic carbocycles. The lowest BCUT2D eigenvalue weighted by atomic mass is 10.0. The second-order valence-electron chi connectivity index (χ2n) is 4.78. The summed E-state index contributed by atoms with van der Waals surface area (Å²) in [6.45, 7) is 0. The minimum absolute atomic E-state index is 0.605. The summed E-state index contributed by atoms with van der Waals surface area (Å²) in [5.74, 6) is 0. The maximum absolute atomic E-state index is 5.93. The van der Waals surface area contributed by atoms with Gasteiger partial charge in [-0.1, -0.05) is 49.6 Å². The maximum atomic E-state index is 5.93. The van der Waals surface area contributed by atoms with E-state index in [-0.39, 0.29) is 0 Å². The van der Waals surface area contributed by atoms with Gasteiger partial charge in [0.2, 0.25) is 0 Å². The molecule has 0 radical (unpaired) electrons. The molecule has 0 aliphatic heterocycles. The second-order valence-corrected chi connectivity index (χ2v) is 8.32. The molecule has 1 saturated carbocycles. The van der Waals surface area contributed by atoms with Gasteiger partial charge in [0.25, 0.3) is 0 Å². The summed E-state index contributed by atoms with van der Waals surface area (Å²) < 4.78 is 11.9. The third-order valence-electron chi connectivity index (χ3n) is 3.93. The SMILES string of the molecule is CO[Si](OC)(c1ccccc1)C1CCCCC1. The largest absolute Gasteiger partial charge is 0.394 e. The Bertz CT molecular complexity index is 329. The molecule has 0 spiro atoms. The molecule has 3 heteroatoms. The van der Waals surface area contributed by atoms with E-state index in [9.17, 15) is 0 Å². The van der Waals surface area contributed by atoms with Crippen LogP contribution in [0.3, 0.4) is 0 Å². The molecule has 0 bridgehead atoms. The van der Waals surface area contributed by atoms with Gasteiger partial charge in [-0.2, -0.15) is 0 Å². The fourth-order valence-corrected chi connectivity index (χ4v) is 6.64. The van der Waals surface area contributed by atoms with E-state index in [1.165, 1.54) is 37.3 Å². The predicted molar refractivity (Wildman–Crippen MR) is 72.7 cm³/mol. The number of hydrogen-bond donors (Lipinski definition) is 0. The molecule has 0 heterocycles. The third kappa shape index (κ3) is 2.46. The smallest absolute Gasteiger partial charge is 0.375 e. The van der Waals surface area contributed by atoms with Crippen LogP contribution in [-0.2, 0) is 8.85 Å². The predicted octanol–water partition coefficient (Wildman–Crippen LogP) is 2.96. The van der Waals surface area contributed by atoms with E-state index in [2.05, 4.69) is 30.3 Å². The Kier molecular flexibility index (Phi) is 4.37. The molecule has 1 aromatic carbocycles.